The van der Waals surface area contributed by atoms with Crippen molar-refractivity contribution in [3.63, 3.8) is 0 Å². The van der Waals surface area contributed by atoms with Crippen molar-refractivity contribution in [2.45, 2.75) is 18.7 Å². The highest BCUT2D eigenvalue weighted by Gasteiger charge is 2.25. The second-order valence-electron chi connectivity index (χ2n) is 6.72. The molecule has 0 spiro atoms. The average Bonchev–Trinajstić information content (AvgIpc) is 3.27. The maximum Gasteiger partial charge on any atom is 0.278 e. The summed E-state index contributed by atoms with van der Waals surface area (Å²) in [5.74, 6) is 0. The van der Waals surface area contributed by atoms with Gasteiger partial charge in [-0.3, -0.25) is 4.79 Å². The Hall–Kier alpha value is -2.75. The zero-order chi connectivity index (χ0) is 20.5. The van der Waals surface area contributed by atoms with Crippen molar-refractivity contribution >= 4 is 59.9 Å². The molecule has 0 atom stereocenters. The van der Waals surface area contributed by atoms with Gasteiger partial charge in [0.05, 0.1) is 15.8 Å². The number of nitrogens with zero attached hydrogens (tertiary/aromatic N) is 4. The van der Waals surface area contributed by atoms with Gasteiger partial charge in [-0.25, -0.2) is 21.8 Å². The predicted molar refractivity (Wildman–Crippen MR) is 114 cm³/mol. The van der Waals surface area contributed by atoms with E-state index in [9.17, 15) is 13.2 Å². The second-order valence-corrected chi connectivity index (χ2v) is 9.79. The summed E-state index contributed by atoms with van der Waals surface area (Å²) in [6, 6.07) is 8.31. The van der Waals surface area contributed by atoms with E-state index in [1.807, 2.05) is 6.92 Å². The topological polar surface area (TPSA) is 86.3 Å². The van der Waals surface area contributed by atoms with Gasteiger partial charge in [0, 0.05) is 6.20 Å². The molecule has 0 saturated heterocycles. The quantitative estimate of drug-likeness (QED) is 0.387. The summed E-state index contributed by atoms with van der Waals surface area (Å²) in [7, 11) is -3.91. The maximum absolute atomic E-state index is 13.3. The monoisotopic (exact) mass is 444 g/mol. The number of hydrogen-bond acceptors (Lipinski definition) is 6. The lowest BCUT2D eigenvalue weighted by Crippen LogP contribution is -2.17. The Morgan fingerprint density at radius 3 is 2.48 bits per heavy atom. The first-order chi connectivity index (χ1) is 13.8. The number of benzene rings is 1. The zero-order valence-corrected chi connectivity index (χ0v) is 17.6. The van der Waals surface area contributed by atoms with Gasteiger partial charge in [-0.1, -0.05) is 17.7 Å². The fraction of sp³-hybridized carbons (Fsp3) is 0.105. The zero-order valence-electron chi connectivity index (χ0n) is 15.2. The number of aromatic nitrogens is 4. The average molecular weight is 445 g/mol. The lowest BCUT2D eigenvalue weighted by Gasteiger charge is -2.09. The molecule has 0 saturated carbocycles. The minimum Gasteiger partial charge on any atom is -0.267 e. The molecule has 29 heavy (non-hydrogen) atoms. The van der Waals surface area contributed by atoms with Crippen molar-refractivity contribution < 1.29 is 8.42 Å². The normalized spacial score (nSPS) is 12.4. The Morgan fingerprint density at radius 2 is 1.76 bits per heavy atom. The molecule has 5 rings (SSSR count). The van der Waals surface area contributed by atoms with Gasteiger partial charge in [0.15, 0.2) is 11.3 Å². The van der Waals surface area contributed by atoms with Crippen LogP contribution >= 0.6 is 22.9 Å². The first kappa shape index (κ1) is 18.3. The number of halogens is 1. The number of rotatable bonds is 2. The third kappa shape index (κ3) is 2.54. The van der Waals surface area contributed by atoms with Crippen molar-refractivity contribution in [3.8, 4) is 0 Å². The summed E-state index contributed by atoms with van der Waals surface area (Å²) in [6.07, 6.45) is 1.48. The van der Waals surface area contributed by atoms with E-state index < -0.39 is 10.0 Å². The van der Waals surface area contributed by atoms with Crippen molar-refractivity contribution in [1.82, 2.24) is 18.3 Å². The molecule has 4 aromatic heterocycles. The fourth-order valence-corrected chi connectivity index (χ4v) is 5.73. The Kier molecular flexibility index (Phi) is 3.86. The van der Waals surface area contributed by atoms with Gasteiger partial charge in [-0.05, 0) is 54.6 Å². The van der Waals surface area contributed by atoms with E-state index in [-0.39, 0.29) is 27.0 Å². The van der Waals surface area contributed by atoms with E-state index in [1.165, 1.54) is 21.9 Å². The Bertz CT molecular complexity index is 1610. The van der Waals surface area contributed by atoms with Crippen LogP contribution in [0.1, 0.15) is 11.1 Å². The molecule has 1 aromatic carbocycles. The molecule has 0 aliphatic rings. The molecule has 0 amide bonds. The highest BCUT2D eigenvalue weighted by Crippen LogP contribution is 2.29. The lowest BCUT2D eigenvalue weighted by atomic mass is 10.2. The van der Waals surface area contributed by atoms with Crippen LogP contribution in [-0.2, 0) is 10.0 Å². The van der Waals surface area contributed by atoms with Gasteiger partial charge < -0.3 is 0 Å². The smallest absolute Gasteiger partial charge is 0.267 e. The van der Waals surface area contributed by atoms with Gasteiger partial charge in [-0.2, -0.15) is 4.98 Å². The molecular formula is C19H13ClN4O3S2. The van der Waals surface area contributed by atoms with E-state index >= 15 is 0 Å². The van der Waals surface area contributed by atoms with E-state index in [2.05, 4.69) is 9.97 Å². The Morgan fingerprint density at radius 1 is 1.03 bits per heavy atom. The SMILES string of the molecule is Cc1ccc(S(=O)(=O)n2cc(C)c3c2nc(Cl)n2c(=O)c4sccc4nc32)cc1. The van der Waals surface area contributed by atoms with Crippen LogP contribution in [0.3, 0.4) is 0 Å². The highest BCUT2D eigenvalue weighted by molar-refractivity contribution is 7.90. The van der Waals surface area contributed by atoms with Crippen LogP contribution in [0.4, 0.5) is 0 Å². The molecule has 0 radical (unpaired) electrons. The molecule has 0 N–H and O–H groups in total. The summed E-state index contributed by atoms with van der Waals surface area (Å²) in [4.78, 5) is 21.8. The molecule has 4 heterocycles. The molecular weight excluding hydrogens is 432 g/mol. The molecule has 0 fully saturated rings. The first-order valence-electron chi connectivity index (χ1n) is 8.58. The van der Waals surface area contributed by atoms with Gasteiger partial charge in [0.2, 0.25) is 5.28 Å². The number of hydrogen-bond donors (Lipinski definition) is 0. The molecule has 0 aliphatic heterocycles. The molecule has 0 aliphatic carbocycles. The Labute approximate surface area is 173 Å². The highest BCUT2D eigenvalue weighted by atomic mass is 35.5. The summed E-state index contributed by atoms with van der Waals surface area (Å²) in [6.45, 7) is 3.64. The van der Waals surface area contributed by atoms with Gasteiger partial charge in [-0.15, -0.1) is 11.3 Å². The largest absolute Gasteiger partial charge is 0.278 e. The summed E-state index contributed by atoms with van der Waals surface area (Å²) < 4.78 is 29.3. The van der Waals surface area contributed by atoms with E-state index in [0.717, 1.165) is 9.54 Å². The fourth-order valence-electron chi connectivity index (χ4n) is 3.37. The van der Waals surface area contributed by atoms with Crippen LogP contribution < -0.4 is 5.56 Å². The minimum absolute atomic E-state index is 0.134. The van der Waals surface area contributed by atoms with Gasteiger partial charge in [0.1, 0.15) is 4.70 Å². The first-order valence-corrected chi connectivity index (χ1v) is 11.3. The Balaban J connectivity index is 1.92. The van der Waals surface area contributed by atoms with Crippen LogP contribution in [0, 0.1) is 13.8 Å². The van der Waals surface area contributed by atoms with Crippen LogP contribution in [0.5, 0.6) is 0 Å². The van der Waals surface area contributed by atoms with Crippen molar-refractivity contribution in [2.24, 2.45) is 0 Å². The van der Waals surface area contributed by atoms with E-state index in [4.69, 9.17) is 11.6 Å². The van der Waals surface area contributed by atoms with Crippen LogP contribution in [-0.4, -0.2) is 26.8 Å². The number of aryl methyl sites for hydroxylation is 2. The van der Waals surface area contributed by atoms with Crippen molar-refractivity contribution in [1.29, 1.82) is 0 Å². The number of fused-ring (bicyclic) bond motifs is 4. The minimum atomic E-state index is -3.91. The maximum atomic E-state index is 13.3. The molecule has 0 unspecified atom stereocenters. The third-order valence-corrected chi connectivity index (χ3v) is 7.61. The molecule has 7 nitrogen and oxygen atoms in total. The molecule has 10 heteroatoms. The van der Waals surface area contributed by atoms with Gasteiger partial charge >= 0.3 is 0 Å². The van der Waals surface area contributed by atoms with Crippen LogP contribution in [0.15, 0.2) is 51.6 Å². The van der Waals surface area contributed by atoms with E-state index in [1.54, 1.807) is 42.6 Å². The van der Waals surface area contributed by atoms with E-state index in [0.29, 0.717) is 21.2 Å². The summed E-state index contributed by atoms with van der Waals surface area (Å²) >= 11 is 7.59. The molecule has 5 aromatic rings. The van der Waals surface area contributed by atoms with Crippen LogP contribution in [0.25, 0.3) is 26.9 Å². The van der Waals surface area contributed by atoms with Crippen molar-refractivity contribution in [3.05, 3.63) is 68.7 Å². The summed E-state index contributed by atoms with van der Waals surface area (Å²) in [5.41, 5.74) is 2.21. The number of thiophene rings is 1. The van der Waals surface area contributed by atoms with Gasteiger partial charge in [0.25, 0.3) is 15.6 Å². The molecule has 146 valence electrons. The lowest BCUT2D eigenvalue weighted by molar-refractivity contribution is 0.588. The second kappa shape index (κ2) is 6.12. The summed E-state index contributed by atoms with van der Waals surface area (Å²) in [5, 5.41) is 2.10. The molecule has 0 bridgehead atoms. The standard InChI is InChI=1S/C19H13ClN4O3S2/c1-10-3-5-12(6-4-10)29(26,27)23-9-11(2)14-16(23)22-19(20)24-17(14)21-13-7-8-28-15(13)18(24)25/h3-9H,1-2H3. The van der Waals surface area contributed by atoms with Crippen LogP contribution in [0.2, 0.25) is 5.28 Å². The third-order valence-electron chi connectivity index (χ3n) is 4.80. The van der Waals surface area contributed by atoms with Crippen molar-refractivity contribution in [2.75, 3.05) is 0 Å². The predicted octanol–water partition coefficient (Wildman–Crippen LogP) is 3.77.